The number of carbonyl (C=O) groups is 1. The third-order valence-electron chi connectivity index (χ3n) is 3.52. The minimum atomic E-state index is 0.109. The number of halogens is 1. The fraction of sp³-hybridized carbons (Fsp3) is 0.188. The summed E-state index contributed by atoms with van der Waals surface area (Å²) in [6.07, 6.45) is 1.16. The lowest BCUT2D eigenvalue weighted by molar-refractivity contribution is -0.119. The van der Waals surface area contributed by atoms with E-state index in [0.29, 0.717) is 24.4 Å². The molecular formula is C16H14ClNO2. The molecule has 0 aromatic heterocycles. The summed E-state index contributed by atoms with van der Waals surface area (Å²) in [4.78, 5) is 13.9. The Morgan fingerprint density at radius 1 is 1.10 bits per heavy atom. The predicted octanol–water partition coefficient (Wildman–Crippen LogP) is 3.53. The number of rotatable bonds is 2. The third kappa shape index (κ3) is 2.49. The number of benzene rings is 2. The molecule has 4 heteroatoms. The van der Waals surface area contributed by atoms with Gasteiger partial charge in [0, 0.05) is 17.1 Å². The first-order chi connectivity index (χ1) is 9.63. The van der Waals surface area contributed by atoms with Crippen LogP contribution in [0.3, 0.4) is 0 Å². The van der Waals surface area contributed by atoms with Crippen molar-refractivity contribution in [3.05, 3.63) is 58.6 Å². The van der Waals surface area contributed by atoms with E-state index in [1.54, 1.807) is 23.1 Å². The largest absolute Gasteiger partial charge is 0.508 e. The van der Waals surface area contributed by atoms with Crippen LogP contribution in [0, 0.1) is 0 Å². The van der Waals surface area contributed by atoms with Crippen LogP contribution in [0.4, 0.5) is 5.69 Å². The smallest absolute Gasteiger partial charge is 0.227 e. The lowest BCUT2D eigenvalue weighted by atomic mass is 10.00. The summed E-state index contributed by atoms with van der Waals surface area (Å²) in [5.74, 6) is 0.350. The number of carbonyl (C=O) groups excluding carboxylic acids is 1. The second-order valence-electron chi connectivity index (χ2n) is 4.92. The van der Waals surface area contributed by atoms with E-state index in [2.05, 4.69) is 0 Å². The molecule has 0 bridgehead atoms. The maximum absolute atomic E-state index is 12.2. The van der Waals surface area contributed by atoms with Gasteiger partial charge in [-0.2, -0.15) is 0 Å². The molecule has 1 amide bonds. The molecule has 1 aliphatic heterocycles. The normalized spacial score (nSPS) is 14.2. The van der Waals surface area contributed by atoms with E-state index in [0.717, 1.165) is 16.8 Å². The molecule has 2 aromatic carbocycles. The molecule has 3 nitrogen and oxygen atoms in total. The van der Waals surface area contributed by atoms with Crippen molar-refractivity contribution in [2.24, 2.45) is 0 Å². The fourth-order valence-corrected chi connectivity index (χ4v) is 2.62. The zero-order valence-electron chi connectivity index (χ0n) is 10.8. The van der Waals surface area contributed by atoms with E-state index in [9.17, 15) is 9.90 Å². The highest BCUT2D eigenvalue weighted by molar-refractivity contribution is 6.30. The average Bonchev–Trinajstić information content (AvgIpc) is 2.44. The minimum Gasteiger partial charge on any atom is -0.508 e. The van der Waals surface area contributed by atoms with Gasteiger partial charge < -0.3 is 10.0 Å². The quantitative estimate of drug-likeness (QED) is 0.918. The van der Waals surface area contributed by atoms with Gasteiger partial charge in [-0.15, -0.1) is 0 Å². The van der Waals surface area contributed by atoms with E-state index in [1.807, 2.05) is 24.3 Å². The van der Waals surface area contributed by atoms with Crippen LogP contribution in [-0.4, -0.2) is 11.0 Å². The van der Waals surface area contributed by atoms with Gasteiger partial charge in [-0.3, -0.25) is 4.79 Å². The fourth-order valence-electron chi connectivity index (χ4n) is 2.49. The number of hydrogen-bond donors (Lipinski definition) is 1. The molecule has 20 heavy (non-hydrogen) atoms. The van der Waals surface area contributed by atoms with Gasteiger partial charge in [0.05, 0.1) is 6.54 Å². The highest BCUT2D eigenvalue weighted by Crippen LogP contribution is 2.31. The van der Waals surface area contributed by atoms with Gasteiger partial charge in [-0.05, 0) is 47.9 Å². The average molecular weight is 288 g/mol. The Hall–Kier alpha value is -2.00. The summed E-state index contributed by atoms with van der Waals surface area (Å²) in [5, 5.41) is 10.2. The second-order valence-corrected chi connectivity index (χ2v) is 5.36. The highest BCUT2D eigenvalue weighted by Gasteiger charge is 2.24. The van der Waals surface area contributed by atoms with Crippen LogP contribution < -0.4 is 4.90 Å². The molecule has 3 rings (SSSR count). The van der Waals surface area contributed by atoms with Gasteiger partial charge in [0.2, 0.25) is 5.91 Å². The standard InChI is InChI=1S/C16H14ClNO2/c17-13-4-1-11(2-5-13)10-18-15-7-6-14(19)9-12(15)3-8-16(18)20/h1-2,4-7,9,19H,3,8,10H2. The molecule has 0 saturated heterocycles. The van der Waals surface area contributed by atoms with E-state index in [1.165, 1.54) is 0 Å². The first kappa shape index (κ1) is 13.0. The number of anilines is 1. The first-order valence-corrected chi connectivity index (χ1v) is 6.88. The molecule has 0 atom stereocenters. The predicted molar refractivity (Wildman–Crippen MR) is 79.1 cm³/mol. The molecule has 1 heterocycles. The van der Waals surface area contributed by atoms with E-state index in [4.69, 9.17) is 11.6 Å². The second kappa shape index (κ2) is 5.17. The van der Waals surface area contributed by atoms with Gasteiger partial charge in [0.15, 0.2) is 0 Å². The molecular weight excluding hydrogens is 274 g/mol. The van der Waals surface area contributed by atoms with Crippen LogP contribution in [0.15, 0.2) is 42.5 Å². The first-order valence-electron chi connectivity index (χ1n) is 6.50. The lowest BCUT2D eigenvalue weighted by Gasteiger charge is -2.29. The Labute approximate surface area is 122 Å². The van der Waals surface area contributed by atoms with Crippen molar-refractivity contribution in [3.8, 4) is 5.75 Å². The number of fused-ring (bicyclic) bond motifs is 1. The number of aromatic hydroxyl groups is 1. The Kier molecular flexibility index (Phi) is 3.36. The van der Waals surface area contributed by atoms with Crippen LogP contribution in [-0.2, 0) is 17.8 Å². The van der Waals surface area contributed by atoms with Crippen LogP contribution in [0.5, 0.6) is 5.75 Å². The molecule has 0 spiro atoms. The molecule has 0 unspecified atom stereocenters. The monoisotopic (exact) mass is 287 g/mol. The number of nitrogens with zero attached hydrogens (tertiary/aromatic N) is 1. The van der Waals surface area contributed by atoms with Crippen LogP contribution in [0.25, 0.3) is 0 Å². The third-order valence-corrected chi connectivity index (χ3v) is 3.77. The van der Waals surface area contributed by atoms with Crippen molar-refractivity contribution in [2.45, 2.75) is 19.4 Å². The Morgan fingerprint density at radius 3 is 2.60 bits per heavy atom. The number of phenolic OH excluding ortho intramolecular Hbond substituents is 1. The van der Waals surface area contributed by atoms with Gasteiger partial charge in [-0.1, -0.05) is 23.7 Å². The van der Waals surface area contributed by atoms with E-state index < -0.39 is 0 Å². The summed E-state index contributed by atoms with van der Waals surface area (Å²) in [5.41, 5.74) is 2.93. The van der Waals surface area contributed by atoms with E-state index >= 15 is 0 Å². The zero-order chi connectivity index (χ0) is 14.1. The van der Waals surface area contributed by atoms with Crippen molar-refractivity contribution >= 4 is 23.2 Å². The molecule has 2 aromatic rings. The summed E-state index contributed by atoms with van der Waals surface area (Å²) >= 11 is 5.87. The number of amides is 1. The van der Waals surface area contributed by atoms with Crippen molar-refractivity contribution in [1.29, 1.82) is 0 Å². The number of aryl methyl sites for hydroxylation is 1. The topological polar surface area (TPSA) is 40.5 Å². The summed E-state index contributed by atoms with van der Waals surface area (Å²) in [7, 11) is 0. The maximum Gasteiger partial charge on any atom is 0.227 e. The van der Waals surface area contributed by atoms with Gasteiger partial charge in [0.1, 0.15) is 5.75 Å². The van der Waals surface area contributed by atoms with Crippen LogP contribution in [0.2, 0.25) is 5.02 Å². The molecule has 0 saturated carbocycles. The van der Waals surface area contributed by atoms with Gasteiger partial charge in [-0.25, -0.2) is 0 Å². The van der Waals surface area contributed by atoms with Crippen molar-refractivity contribution in [2.75, 3.05) is 4.90 Å². The van der Waals surface area contributed by atoms with E-state index in [-0.39, 0.29) is 11.7 Å². The number of phenols is 1. The minimum absolute atomic E-state index is 0.109. The highest BCUT2D eigenvalue weighted by atomic mass is 35.5. The summed E-state index contributed by atoms with van der Waals surface area (Å²) in [6.45, 7) is 0.522. The molecule has 102 valence electrons. The Morgan fingerprint density at radius 2 is 1.85 bits per heavy atom. The summed E-state index contributed by atoms with van der Waals surface area (Å²) < 4.78 is 0. The molecule has 1 aliphatic rings. The Bertz CT molecular complexity index is 652. The zero-order valence-corrected chi connectivity index (χ0v) is 11.6. The van der Waals surface area contributed by atoms with Gasteiger partial charge in [0.25, 0.3) is 0 Å². The summed E-state index contributed by atoms with van der Waals surface area (Å²) in [6, 6.07) is 12.6. The molecule has 0 aliphatic carbocycles. The van der Waals surface area contributed by atoms with Crippen LogP contribution in [0.1, 0.15) is 17.5 Å². The maximum atomic E-state index is 12.2. The van der Waals surface area contributed by atoms with Crippen LogP contribution >= 0.6 is 11.6 Å². The van der Waals surface area contributed by atoms with Crippen molar-refractivity contribution < 1.29 is 9.90 Å². The number of hydrogen-bond acceptors (Lipinski definition) is 2. The lowest BCUT2D eigenvalue weighted by Crippen LogP contribution is -2.34. The molecule has 1 N–H and O–H groups in total. The van der Waals surface area contributed by atoms with Gasteiger partial charge >= 0.3 is 0 Å². The molecule has 0 radical (unpaired) electrons. The van der Waals surface area contributed by atoms with Crippen molar-refractivity contribution in [3.63, 3.8) is 0 Å². The molecule has 0 fully saturated rings. The Balaban J connectivity index is 1.93. The van der Waals surface area contributed by atoms with Crippen molar-refractivity contribution in [1.82, 2.24) is 0 Å². The SMILES string of the molecule is O=C1CCc2cc(O)ccc2N1Cc1ccc(Cl)cc1.